The standard InChI is InChI=1S/C19H16BrF2NO/c1-24-17-6-5-10(20)7-15(17)18-13-4-2-3-12(13)14-8-11(21)9-16(22)19(14)23-18/h2-3,5-9,12-13,18,23H,4H2,1H3/t12-,13+,18-/m0/s1. The molecule has 5 heteroatoms. The fourth-order valence-corrected chi connectivity index (χ4v) is 4.26. The van der Waals surface area contributed by atoms with Crippen LogP contribution in [0.5, 0.6) is 5.75 Å². The smallest absolute Gasteiger partial charge is 0.149 e. The molecule has 2 aromatic carbocycles. The van der Waals surface area contributed by atoms with E-state index in [1.807, 2.05) is 18.2 Å². The highest BCUT2D eigenvalue weighted by molar-refractivity contribution is 9.10. The van der Waals surface area contributed by atoms with Crippen molar-refractivity contribution < 1.29 is 13.5 Å². The Morgan fingerprint density at radius 3 is 2.79 bits per heavy atom. The summed E-state index contributed by atoms with van der Waals surface area (Å²) in [6.45, 7) is 0. The Kier molecular flexibility index (Phi) is 3.83. The molecule has 0 amide bonds. The Morgan fingerprint density at radius 1 is 1.17 bits per heavy atom. The van der Waals surface area contributed by atoms with E-state index in [9.17, 15) is 8.78 Å². The zero-order chi connectivity index (χ0) is 16.8. The first-order chi connectivity index (χ1) is 11.6. The summed E-state index contributed by atoms with van der Waals surface area (Å²) in [6, 6.07) is 8.07. The second kappa shape index (κ2) is 5.88. The Hall–Kier alpha value is -1.88. The molecule has 1 aliphatic carbocycles. The number of nitrogens with one attached hydrogen (secondary N) is 1. The van der Waals surface area contributed by atoms with Gasteiger partial charge < -0.3 is 10.1 Å². The van der Waals surface area contributed by atoms with E-state index in [2.05, 4.69) is 33.4 Å². The minimum absolute atomic E-state index is 0.000128. The van der Waals surface area contributed by atoms with Crippen LogP contribution in [-0.4, -0.2) is 7.11 Å². The van der Waals surface area contributed by atoms with Crippen LogP contribution in [0.2, 0.25) is 0 Å². The van der Waals surface area contributed by atoms with Crippen LogP contribution < -0.4 is 10.1 Å². The molecule has 4 rings (SSSR count). The number of benzene rings is 2. The van der Waals surface area contributed by atoms with Crippen LogP contribution in [-0.2, 0) is 0 Å². The van der Waals surface area contributed by atoms with Gasteiger partial charge in [0.1, 0.15) is 17.4 Å². The van der Waals surface area contributed by atoms with Crippen molar-refractivity contribution in [2.75, 3.05) is 12.4 Å². The highest BCUT2D eigenvalue weighted by atomic mass is 79.9. The molecule has 2 aliphatic rings. The van der Waals surface area contributed by atoms with E-state index in [0.717, 1.165) is 28.3 Å². The summed E-state index contributed by atoms with van der Waals surface area (Å²) in [5.41, 5.74) is 2.05. The van der Waals surface area contributed by atoms with Crippen LogP contribution in [0.4, 0.5) is 14.5 Å². The van der Waals surface area contributed by atoms with E-state index in [1.54, 1.807) is 7.11 Å². The second-order valence-electron chi connectivity index (χ2n) is 6.21. The van der Waals surface area contributed by atoms with Crippen LogP contribution in [0.1, 0.15) is 29.5 Å². The molecule has 0 radical (unpaired) electrons. The van der Waals surface area contributed by atoms with Gasteiger partial charge in [-0.2, -0.15) is 0 Å². The quantitative estimate of drug-likeness (QED) is 0.676. The van der Waals surface area contributed by atoms with Gasteiger partial charge in [0.15, 0.2) is 0 Å². The predicted molar refractivity (Wildman–Crippen MR) is 93.4 cm³/mol. The molecule has 24 heavy (non-hydrogen) atoms. The summed E-state index contributed by atoms with van der Waals surface area (Å²) >= 11 is 3.50. The highest BCUT2D eigenvalue weighted by Crippen LogP contribution is 2.52. The van der Waals surface area contributed by atoms with E-state index < -0.39 is 11.6 Å². The monoisotopic (exact) mass is 391 g/mol. The van der Waals surface area contributed by atoms with Crippen molar-refractivity contribution in [3.05, 3.63) is 69.7 Å². The molecule has 1 heterocycles. The molecular formula is C19H16BrF2NO. The molecule has 3 atom stereocenters. The lowest BCUT2D eigenvalue weighted by atomic mass is 9.76. The van der Waals surface area contributed by atoms with Crippen LogP contribution in [0.3, 0.4) is 0 Å². The fourth-order valence-electron chi connectivity index (χ4n) is 3.88. The largest absolute Gasteiger partial charge is 0.496 e. The molecule has 2 aromatic rings. The summed E-state index contributed by atoms with van der Waals surface area (Å²) in [7, 11) is 1.63. The Balaban J connectivity index is 1.86. The van der Waals surface area contributed by atoms with Gasteiger partial charge >= 0.3 is 0 Å². The topological polar surface area (TPSA) is 21.3 Å². The van der Waals surface area contributed by atoms with Crippen molar-refractivity contribution in [2.45, 2.75) is 18.4 Å². The normalized spacial score (nSPS) is 24.2. The lowest BCUT2D eigenvalue weighted by molar-refractivity contribution is 0.378. The maximum atomic E-state index is 14.4. The number of anilines is 1. The minimum atomic E-state index is -0.553. The number of rotatable bonds is 2. The fraction of sp³-hybridized carbons (Fsp3) is 0.263. The molecule has 0 saturated heterocycles. The maximum absolute atomic E-state index is 14.4. The molecule has 0 unspecified atom stereocenters. The zero-order valence-corrected chi connectivity index (χ0v) is 14.6. The number of halogens is 3. The van der Waals surface area contributed by atoms with E-state index in [0.29, 0.717) is 11.3 Å². The first kappa shape index (κ1) is 15.6. The highest BCUT2D eigenvalue weighted by Gasteiger charge is 2.40. The van der Waals surface area contributed by atoms with E-state index >= 15 is 0 Å². The maximum Gasteiger partial charge on any atom is 0.149 e. The van der Waals surface area contributed by atoms with Gasteiger partial charge in [0.05, 0.1) is 18.8 Å². The minimum Gasteiger partial charge on any atom is -0.496 e. The van der Waals surface area contributed by atoms with Crippen molar-refractivity contribution in [3.63, 3.8) is 0 Å². The lowest BCUT2D eigenvalue weighted by Crippen LogP contribution is -2.30. The Labute approximate surface area is 147 Å². The van der Waals surface area contributed by atoms with Gasteiger partial charge in [-0.25, -0.2) is 8.78 Å². The van der Waals surface area contributed by atoms with Gasteiger partial charge in [-0.1, -0.05) is 28.1 Å². The van der Waals surface area contributed by atoms with Crippen molar-refractivity contribution in [3.8, 4) is 5.75 Å². The van der Waals surface area contributed by atoms with Crippen molar-refractivity contribution in [1.29, 1.82) is 0 Å². The molecule has 1 N–H and O–H groups in total. The molecule has 0 saturated carbocycles. The second-order valence-corrected chi connectivity index (χ2v) is 7.13. The van der Waals surface area contributed by atoms with Gasteiger partial charge in [0, 0.05) is 22.0 Å². The van der Waals surface area contributed by atoms with Gasteiger partial charge in [0.2, 0.25) is 0 Å². The van der Waals surface area contributed by atoms with Crippen LogP contribution in [0.15, 0.2) is 47.0 Å². The third kappa shape index (κ3) is 2.42. The zero-order valence-electron chi connectivity index (χ0n) is 13.0. The first-order valence-electron chi connectivity index (χ1n) is 7.84. The van der Waals surface area contributed by atoms with Gasteiger partial charge in [0.25, 0.3) is 0 Å². The average molecular weight is 392 g/mol. The number of fused-ring (bicyclic) bond motifs is 3. The van der Waals surface area contributed by atoms with Crippen LogP contribution >= 0.6 is 15.9 Å². The van der Waals surface area contributed by atoms with Gasteiger partial charge in [-0.15, -0.1) is 0 Å². The summed E-state index contributed by atoms with van der Waals surface area (Å²) in [5.74, 6) is -0.136. The molecular weight excluding hydrogens is 376 g/mol. The third-order valence-electron chi connectivity index (χ3n) is 4.91. The van der Waals surface area contributed by atoms with Gasteiger partial charge in [-0.3, -0.25) is 0 Å². The number of ether oxygens (including phenoxy) is 1. The number of methoxy groups -OCH3 is 1. The van der Waals surface area contributed by atoms with Crippen molar-refractivity contribution >= 4 is 21.6 Å². The summed E-state index contributed by atoms with van der Waals surface area (Å²) in [4.78, 5) is 0. The van der Waals surface area contributed by atoms with Crippen LogP contribution in [0.25, 0.3) is 0 Å². The Morgan fingerprint density at radius 2 is 2.00 bits per heavy atom. The Bertz CT molecular complexity index is 836. The van der Waals surface area contributed by atoms with Gasteiger partial charge in [-0.05, 0) is 42.2 Å². The van der Waals surface area contributed by atoms with E-state index in [-0.39, 0.29) is 17.9 Å². The predicted octanol–water partition coefficient (Wildman–Crippen LogP) is 5.56. The van der Waals surface area contributed by atoms with Crippen LogP contribution in [0, 0.1) is 17.6 Å². The van der Waals surface area contributed by atoms with E-state index in [4.69, 9.17) is 4.74 Å². The number of allylic oxidation sites excluding steroid dienone is 2. The average Bonchev–Trinajstić information content (AvgIpc) is 3.04. The number of hydrogen-bond donors (Lipinski definition) is 1. The molecule has 2 nitrogen and oxygen atoms in total. The molecule has 0 fully saturated rings. The molecule has 0 bridgehead atoms. The molecule has 0 spiro atoms. The third-order valence-corrected chi connectivity index (χ3v) is 5.41. The van der Waals surface area contributed by atoms with E-state index in [1.165, 1.54) is 6.07 Å². The molecule has 0 aromatic heterocycles. The molecule has 124 valence electrons. The summed E-state index contributed by atoms with van der Waals surface area (Å²) in [5, 5.41) is 3.30. The molecule has 1 aliphatic heterocycles. The van der Waals surface area contributed by atoms with Crippen molar-refractivity contribution in [1.82, 2.24) is 0 Å². The summed E-state index contributed by atoms with van der Waals surface area (Å²) < 4.78 is 34.5. The number of hydrogen-bond acceptors (Lipinski definition) is 2. The first-order valence-corrected chi connectivity index (χ1v) is 8.63. The lowest BCUT2D eigenvalue weighted by Gasteiger charge is -2.38. The summed E-state index contributed by atoms with van der Waals surface area (Å²) in [6.07, 6.45) is 5.00. The SMILES string of the molecule is COc1ccc(Br)cc1[C@H]1Nc2c(F)cc(F)cc2[C@H]2C=CC[C@H]21. The van der Waals surface area contributed by atoms with Crippen molar-refractivity contribution in [2.24, 2.45) is 5.92 Å².